The van der Waals surface area contributed by atoms with Gasteiger partial charge in [-0.1, -0.05) is 60.7 Å². The van der Waals surface area contributed by atoms with E-state index in [1.54, 1.807) is 42.5 Å². The van der Waals surface area contributed by atoms with Gasteiger partial charge in [-0.2, -0.15) is 0 Å². The Kier molecular flexibility index (Phi) is 5.06. The van der Waals surface area contributed by atoms with Gasteiger partial charge in [0.1, 0.15) is 12.6 Å². The van der Waals surface area contributed by atoms with Crippen LogP contribution in [0.4, 0.5) is 4.79 Å². The minimum absolute atomic E-state index is 0.0352. The van der Waals surface area contributed by atoms with Crippen LogP contribution in [0.3, 0.4) is 0 Å². The fourth-order valence-electron chi connectivity index (χ4n) is 1.69. The number of nitrogens with two attached hydrogens (primary N) is 1. The van der Waals surface area contributed by atoms with Gasteiger partial charge in [0.2, 0.25) is 0 Å². The Labute approximate surface area is 122 Å². The van der Waals surface area contributed by atoms with Crippen molar-refractivity contribution in [2.45, 2.75) is 12.6 Å². The standard InChI is InChI=1S/C16H15NO4/c17-14(13-9-5-2-6-10-13)15(18)21-16(19)20-11-12-7-3-1-4-8-12/h1-10,14H,11,17H2. The summed E-state index contributed by atoms with van der Waals surface area (Å²) in [5, 5.41) is 0. The summed E-state index contributed by atoms with van der Waals surface area (Å²) in [7, 11) is 0. The first-order chi connectivity index (χ1) is 10.2. The molecule has 0 radical (unpaired) electrons. The summed E-state index contributed by atoms with van der Waals surface area (Å²) < 4.78 is 9.41. The molecule has 21 heavy (non-hydrogen) atoms. The first-order valence-electron chi connectivity index (χ1n) is 6.39. The molecule has 0 aliphatic rings. The first-order valence-corrected chi connectivity index (χ1v) is 6.39. The lowest BCUT2D eigenvalue weighted by molar-refractivity contribution is -0.141. The van der Waals surface area contributed by atoms with Crippen molar-refractivity contribution in [3.63, 3.8) is 0 Å². The monoisotopic (exact) mass is 285 g/mol. The van der Waals surface area contributed by atoms with Gasteiger partial charge in [-0.15, -0.1) is 0 Å². The quantitative estimate of drug-likeness (QED) is 0.690. The molecule has 2 N–H and O–H groups in total. The maximum absolute atomic E-state index is 11.7. The lowest BCUT2D eigenvalue weighted by Crippen LogP contribution is -2.26. The summed E-state index contributed by atoms with van der Waals surface area (Å²) >= 11 is 0. The molecule has 0 aliphatic heterocycles. The summed E-state index contributed by atoms with van der Waals surface area (Å²) in [4.78, 5) is 23.2. The molecule has 0 spiro atoms. The topological polar surface area (TPSA) is 78.6 Å². The van der Waals surface area contributed by atoms with Gasteiger partial charge in [-0.05, 0) is 11.1 Å². The summed E-state index contributed by atoms with van der Waals surface area (Å²) in [6.45, 7) is 0.0352. The minimum atomic E-state index is -1.06. The third-order valence-corrected chi connectivity index (χ3v) is 2.80. The predicted molar refractivity (Wildman–Crippen MR) is 76.1 cm³/mol. The number of hydrogen-bond donors (Lipinski definition) is 1. The van der Waals surface area contributed by atoms with Gasteiger partial charge in [0.15, 0.2) is 0 Å². The van der Waals surface area contributed by atoms with Gasteiger partial charge in [0.25, 0.3) is 0 Å². The van der Waals surface area contributed by atoms with Crippen molar-refractivity contribution in [3.8, 4) is 0 Å². The highest BCUT2D eigenvalue weighted by Crippen LogP contribution is 2.11. The number of carbonyl (C=O) groups is 2. The Morgan fingerprint density at radius 3 is 2.14 bits per heavy atom. The molecule has 0 heterocycles. The van der Waals surface area contributed by atoms with Crippen molar-refractivity contribution < 1.29 is 19.1 Å². The van der Waals surface area contributed by atoms with Crippen molar-refractivity contribution in [1.82, 2.24) is 0 Å². The van der Waals surface area contributed by atoms with Crippen LogP contribution in [0.25, 0.3) is 0 Å². The third kappa shape index (κ3) is 4.43. The zero-order chi connectivity index (χ0) is 15.1. The molecule has 5 nitrogen and oxygen atoms in total. The molecular formula is C16H15NO4. The Hall–Kier alpha value is -2.66. The molecule has 2 rings (SSSR count). The highest BCUT2D eigenvalue weighted by Gasteiger charge is 2.21. The Balaban J connectivity index is 1.83. The summed E-state index contributed by atoms with van der Waals surface area (Å²) in [5.74, 6) is -0.848. The van der Waals surface area contributed by atoms with Crippen LogP contribution >= 0.6 is 0 Å². The zero-order valence-corrected chi connectivity index (χ0v) is 11.3. The number of esters is 1. The average Bonchev–Trinajstić information content (AvgIpc) is 2.54. The smallest absolute Gasteiger partial charge is 0.429 e. The van der Waals surface area contributed by atoms with E-state index in [1.807, 2.05) is 18.2 Å². The highest BCUT2D eigenvalue weighted by atomic mass is 16.7. The number of benzene rings is 2. The van der Waals surface area contributed by atoms with Crippen molar-refractivity contribution in [2.24, 2.45) is 5.73 Å². The minimum Gasteiger partial charge on any atom is -0.429 e. The molecule has 2 aromatic rings. The number of ether oxygens (including phenoxy) is 2. The second-order valence-electron chi connectivity index (χ2n) is 4.33. The lowest BCUT2D eigenvalue weighted by Gasteiger charge is -2.10. The number of rotatable bonds is 4. The van der Waals surface area contributed by atoms with Crippen LogP contribution in [0, 0.1) is 0 Å². The maximum atomic E-state index is 11.7. The van der Waals surface area contributed by atoms with Crippen molar-refractivity contribution in [2.75, 3.05) is 0 Å². The molecule has 0 saturated carbocycles. The molecule has 1 atom stereocenters. The fourth-order valence-corrected chi connectivity index (χ4v) is 1.69. The normalized spacial score (nSPS) is 11.5. The van der Waals surface area contributed by atoms with Gasteiger partial charge in [-0.3, -0.25) is 0 Å². The molecule has 0 fully saturated rings. The van der Waals surface area contributed by atoms with E-state index in [2.05, 4.69) is 4.74 Å². The Morgan fingerprint density at radius 1 is 0.952 bits per heavy atom. The van der Waals surface area contributed by atoms with Crippen LogP contribution in [0.15, 0.2) is 60.7 Å². The first kappa shape index (κ1) is 14.7. The molecular weight excluding hydrogens is 270 g/mol. The van der Waals surface area contributed by atoms with Crippen LogP contribution in [0.2, 0.25) is 0 Å². The van der Waals surface area contributed by atoms with Crippen LogP contribution in [0.5, 0.6) is 0 Å². The van der Waals surface area contributed by atoms with Gasteiger partial charge in [0, 0.05) is 0 Å². The van der Waals surface area contributed by atoms with Gasteiger partial charge in [0.05, 0.1) is 0 Å². The van der Waals surface area contributed by atoms with E-state index in [-0.39, 0.29) is 6.61 Å². The van der Waals surface area contributed by atoms with E-state index >= 15 is 0 Å². The number of hydrogen-bond acceptors (Lipinski definition) is 5. The maximum Gasteiger partial charge on any atom is 0.516 e. The molecule has 108 valence electrons. The van der Waals surface area contributed by atoms with Crippen molar-refractivity contribution >= 4 is 12.1 Å². The second kappa shape index (κ2) is 7.21. The van der Waals surface area contributed by atoms with Crippen LogP contribution < -0.4 is 5.73 Å². The molecule has 5 heteroatoms. The SMILES string of the molecule is NC(C(=O)OC(=O)OCc1ccccc1)c1ccccc1. The summed E-state index contributed by atoms with van der Waals surface area (Å²) in [6.07, 6.45) is -1.06. The highest BCUT2D eigenvalue weighted by molar-refractivity contribution is 5.86. The van der Waals surface area contributed by atoms with E-state index in [4.69, 9.17) is 10.5 Å². The van der Waals surface area contributed by atoms with E-state index in [0.717, 1.165) is 5.56 Å². The van der Waals surface area contributed by atoms with Crippen molar-refractivity contribution in [3.05, 3.63) is 71.8 Å². The largest absolute Gasteiger partial charge is 0.516 e. The number of carbonyl (C=O) groups excluding carboxylic acids is 2. The molecule has 0 aliphatic carbocycles. The predicted octanol–water partition coefficient (Wildman–Crippen LogP) is 2.57. The van der Waals surface area contributed by atoms with Gasteiger partial charge in [-0.25, -0.2) is 9.59 Å². The van der Waals surface area contributed by atoms with E-state index in [9.17, 15) is 9.59 Å². The van der Waals surface area contributed by atoms with Crippen LogP contribution in [-0.4, -0.2) is 12.1 Å². The molecule has 0 aromatic heterocycles. The lowest BCUT2D eigenvalue weighted by atomic mass is 10.1. The van der Waals surface area contributed by atoms with E-state index in [1.165, 1.54) is 0 Å². The summed E-state index contributed by atoms with van der Waals surface area (Å²) in [6, 6.07) is 16.7. The zero-order valence-electron chi connectivity index (χ0n) is 11.3. The Morgan fingerprint density at radius 2 is 1.52 bits per heavy atom. The van der Waals surface area contributed by atoms with Gasteiger partial charge >= 0.3 is 12.1 Å². The van der Waals surface area contributed by atoms with Crippen LogP contribution in [-0.2, 0) is 20.9 Å². The Bertz CT molecular complexity index is 598. The van der Waals surface area contributed by atoms with Gasteiger partial charge < -0.3 is 15.2 Å². The fraction of sp³-hybridized carbons (Fsp3) is 0.125. The molecule has 1 unspecified atom stereocenters. The molecule has 0 amide bonds. The van der Waals surface area contributed by atoms with Crippen molar-refractivity contribution in [1.29, 1.82) is 0 Å². The van der Waals surface area contributed by atoms with E-state index < -0.39 is 18.2 Å². The summed E-state index contributed by atoms with van der Waals surface area (Å²) in [5.41, 5.74) is 7.08. The molecule has 2 aromatic carbocycles. The van der Waals surface area contributed by atoms with Crippen LogP contribution in [0.1, 0.15) is 17.2 Å². The average molecular weight is 285 g/mol. The second-order valence-corrected chi connectivity index (χ2v) is 4.33. The molecule has 0 bridgehead atoms. The molecule has 0 saturated heterocycles. The third-order valence-electron chi connectivity index (χ3n) is 2.80. The van der Waals surface area contributed by atoms with E-state index in [0.29, 0.717) is 5.56 Å².